The molecule has 7 heteroatoms. The van der Waals surface area contributed by atoms with Crippen LogP contribution in [0.4, 0.5) is 0 Å². The van der Waals surface area contributed by atoms with Crippen molar-refractivity contribution in [1.82, 2.24) is 0 Å². The fourth-order valence-electron chi connectivity index (χ4n) is 6.30. The molecule has 2 aromatic rings. The van der Waals surface area contributed by atoms with Gasteiger partial charge in [0.05, 0.1) is 20.8 Å². The fourth-order valence-corrected chi connectivity index (χ4v) is 10.9. The summed E-state index contributed by atoms with van der Waals surface area (Å²) in [7, 11) is 0.228. The fraction of sp³-hybridized carbons (Fsp3) is 0.353. The molecule has 0 aromatic heterocycles. The van der Waals surface area contributed by atoms with Gasteiger partial charge >= 0.3 is 6.21 Å². The number of rotatable bonds is 14. The van der Waals surface area contributed by atoms with E-state index in [4.69, 9.17) is 13.9 Å². The normalized spacial score (nSPS) is 15.1. The number of carbonyl (C=O) groups excluding carboxylic acids is 1. The second-order valence-electron chi connectivity index (χ2n) is 11.4. The maximum Gasteiger partial charge on any atom is 0.323 e. The number of nitrogens with zero attached hydrogens (tertiary/aromatic N) is 2. The Morgan fingerprint density at radius 1 is 0.927 bits per heavy atom. The molecular formula is C34H42N2O4Si. The van der Waals surface area contributed by atoms with Gasteiger partial charge in [-0.2, -0.15) is 4.79 Å². The highest BCUT2D eigenvalue weighted by Crippen LogP contribution is 2.51. The number of allylic oxidation sites excluding steroid dienone is 4. The van der Waals surface area contributed by atoms with Crippen molar-refractivity contribution >= 4 is 30.7 Å². The second-order valence-corrected chi connectivity index (χ2v) is 15.7. The van der Waals surface area contributed by atoms with E-state index in [-0.39, 0.29) is 23.8 Å². The molecule has 1 aliphatic rings. The number of hydrogen-bond acceptors (Lipinski definition) is 4. The Morgan fingerprint density at radius 3 is 1.76 bits per heavy atom. The molecule has 0 aliphatic heterocycles. The van der Waals surface area contributed by atoms with E-state index in [0.29, 0.717) is 30.8 Å². The van der Waals surface area contributed by atoms with Crippen LogP contribution in [0.2, 0.25) is 5.04 Å². The highest BCUT2D eigenvalue weighted by Gasteiger charge is 2.55. The van der Waals surface area contributed by atoms with E-state index in [2.05, 4.69) is 63.0 Å². The first-order valence-corrected chi connectivity index (χ1v) is 15.8. The average molecular weight is 571 g/mol. The summed E-state index contributed by atoms with van der Waals surface area (Å²) in [6.45, 7) is 14.7. The Bertz CT molecular complexity index is 1280. The van der Waals surface area contributed by atoms with Gasteiger partial charge in [-0.15, -0.1) is 13.2 Å². The summed E-state index contributed by atoms with van der Waals surface area (Å²) in [4.78, 5) is 16.3. The van der Waals surface area contributed by atoms with Gasteiger partial charge in [0, 0.05) is 6.42 Å². The molecule has 41 heavy (non-hydrogen) atoms. The topological polar surface area (TPSA) is 81.2 Å². The second kappa shape index (κ2) is 13.7. The molecule has 0 saturated carbocycles. The molecule has 0 N–H and O–H groups in total. The molecule has 0 fully saturated rings. The molecule has 0 spiro atoms. The van der Waals surface area contributed by atoms with Crippen LogP contribution in [0.1, 0.15) is 46.5 Å². The van der Waals surface area contributed by atoms with E-state index in [1.54, 1.807) is 14.2 Å². The standard InChI is InChI=1S/C34H42N2O4Si/c1-8-16-26-22-27(17-9-2)32(39-7)34(31(26)38-6,23-28(37)24-36-35)25-40-41(33(3,4)5,29-18-12-10-13-19-29)30-20-14-11-15-21-30/h8-15,18-21,24H,1-2,16-17,22-23,25H2,3-7H3. The summed E-state index contributed by atoms with van der Waals surface area (Å²) < 4.78 is 19.7. The van der Waals surface area contributed by atoms with E-state index in [1.807, 2.05) is 48.6 Å². The molecule has 0 amide bonds. The third-order valence-electron chi connectivity index (χ3n) is 7.76. The number of carbonyl (C=O) groups is 1. The minimum Gasteiger partial charge on any atom is -0.500 e. The van der Waals surface area contributed by atoms with Crippen molar-refractivity contribution in [3.8, 4) is 0 Å². The number of hydrogen-bond donors (Lipinski definition) is 0. The van der Waals surface area contributed by atoms with Gasteiger partial charge in [0.25, 0.3) is 8.32 Å². The van der Waals surface area contributed by atoms with Crippen molar-refractivity contribution in [3.63, 3.8) is 0 Å². The quantitative estimate of drug-likeness (QED) is 0.0895. The number of benzene rings is 2. The Hall–Kier alpha value is -3.77. The third kappa shape index (κ3) is 6.28. The highest BCUT2D eigenvalue weighted by molar-refractivity contribution is 6.99. The van der Waals surface area contributed by atoms with E-state index >= 15 is 0 Å². The number of Topliss-reactive ketones (excluding diaryl/α,β-unsaturated/α-hetero) is 1. The Morgan fingerprint density at radius 2 is 1.39 bits per heavy atom. The van der Waals surface area contributed by atoms with Crippen molar-refractivity contribution in [2.75, 3.05) is 20.8 Å². The summed E-state index contributed by atoms with van der Waals surface area (Å²) in [5.74, 6) is 0.875. The zero-order valence-corrected chi connectivity index (χ0v) is 26.0. The molecule has 1 aliphatic carbocycles. The first kappa shape index (κ1) is 31.8. The zero-order chi connectivity index (χ0) is 30.1. The van der Waals surface area contributed by atoms with Crippen LogP contribution in [0.15, 0.2) is 109 Å². The molecule has 0 saturated heterocycles. The minimum atomic E-state index is -3.01. The number of methoxy groups -OCH3 is 2. The number of ketones is 1. The predicted molar refractivity (Wildman–Crippen MR) is 168 cm³/mol. The first-order chi connectivity index (χ1) is 19.6. The maximum atomic E-state index is 13.3. The van der Waals surface area contributed by atoms with Crippen LogP contribution < -0.4 is 10.4 Å². The lowest BCUT2D eigenvalue weighted by Crippen LogP contribution is -2.67. The molecule has 0 radical (unpaired) electrons. The van der Waals surface area contributed by atoms with Crippen LogP contribution in [-0.2, 0) is 18.7 Å². The summed E-state index contributed by atoms with van der Waals surface area (Å²) in [5.41, 5.74) is 10.1. The van der Waals surface area contributed by atoms with Crippen LogP contribution in [0.25, 0.3) is 5.53 Å². The molecule has 0 atom stereocenters. The molecule has 216 valence electrons. The summed E-state index contributed by atoms with van der Waals surface area (Å²) >= 11 is 0. The van der Waals surface area contributed by atoms with E-state index in [9.17, 15) is 10.3 Å². The van der Waals surface area contributed by atoms with Crippen molar-refractivity contribution in [2.45, 2.75) is 51.5 Å². The molecule has 0 unspecified atom stereocenters. The predicted octanol–water partition coefficient (Wildman–Crippen LogP) is 6.17. The lowest BCUT2D eigenvalue weighted by atomic mass is 9.71. The molecule has 2 aromatic carbocycles. The summed E-state index contributed by atoms with van der Waals surface area (Å²) in [5, 5.41) is 1.96. The maximum absolute atomic E-state index is 13.3. The SMILES string of the molecule is C=CCC1=C(OC)C(CO[Si](c2ccccc2)(c2ccccc2)C(C)(C)C)(CC(=O)C=[N+]=[N-])C(OC)=C(CC=C)C1. The molecular weight excluding hydrogens is 528 g/mol. The van der Waals surface area contributed by atoms with Crippen molar-refractivity contribution in [3.05, 3.63) is 114 Å². The third-order valence-corrected chi connectivity index (χ3v) is 12.7. The van der Waals surface area contributed by atoms with Gasteiger partial charge in [0.1, 0.15) is 16.9 Å². The minimum absolute atomic E-state index is 0.0666. The lowest BCUT2D eigenvalue weighted by Gasteiger charge is -2.47. The molecule has 0 bridgehead atoms. The van der Waals surface area contributed by atoms with Crippen LogP contribution >= 0.6 is 0 Å². The zero-order valence-electron chi connectivity index (χ0n) is 25.0. The average Bonchev–Trinajstić information content (AvgIpc) is 2.94. The van der Waals surface area contributed by atoms with Crippen molar-refractivity contribution in [2.24, 2.45) is 5.41 Å². The van der Waals surface area contributed by atoms with Gasteiger partial charge < -0.3 is 19.4 Å². The van der Waals surface area contributed by atoms with Crippen molar-refractivity contribution in [1.29, 1.82) is 0 Å². The van der Waals surface area contributed by atoms with Gasteiger partial charge in [-0.05, 0) is 45.8 Å². The lowest BCUT2D eigenvalue weighted by molar-refractivity contribution is -0.119. The van der Waals surface area contributed by atoms with Crippen LogP contribution in [-0.4, -0.2) is 45.9 Å². The molecule has 0 heterocycles. The smallest absolute Gasteiger partial charge is 0.323 e. The number of ether oxygens (including phenoxy) is 2. The monoisotopic (exact) mass is 570 g/mol. The Kier molecular flexibility index (Phi) is 10.6. The van der Waals surface area contributed by atoms with Gasteiger partial charge in [-0.1, -0.05) is 93.6 Å². The molecule has 6 nitrogen and oxygen atoms in total. The van der Waals surface area contributed by atoms with Gasteiger partial charge in [0.2, 0.25) is 5.78 Å². The highest BCUT2D eigenvalue weighted by atomic mass is 28.4. The Balaban J connectivity index is 2.38. The van der Waals surface area contributed by atoms with E-state index in [1.165, 1.54) is 0 Å². The van der Waals surface area contributed by atoms with Gasteiger partial charge in [-0.25, -0.2) is 0 Å². The molecule has 3 rings (SSSR count). The summed E-state index contributed by atoms with van der Waals surface area (Å²) in [6.07, 6.45) is 6.29. The van der Waals surface area contributed by atoms with Crippen LogP contribution in [0.5, 0.6) is 0 Å². The van der Waals surface area contributed by atoms with Crippen LogP contribution in [0, 0.1) is 5.41 Å². The summed E-state index contributed by atoms with van der Waals surface area (Å²) in [6, 6.07) is 20.7. The van der Waals surface area contributed by atoms with Gasteiger partial charge in [0.15, 0.2) is 0 Å². The van der Waals surface area contributed by atoms with E-state index in [0.717, 1.165) is 27.7 Å². The van der Waals surface area contributed by atoms with Gasteiger partial charge in [-0.3, -0.25) is 4.79 Å². The largest absolute Gasteiger partial charge is 0.500 e. The van der Waals surface area contributed by atoms with E-state index < -0.39 is 13.7 Å². The van der Waals surface area contributed by atoms with Crippen LogP contribution in [0.3, 0.4) is 0 Å². The Labute approximate surface area is 245 Å². The van der Waals surface area contributed by atoms with Crippen molar-refractivity contribution < 1.29 is 23.5 Å². The first-order valence-electron chi connectivity index (χ1n) is 13.8.